The van der Waals surface area contributed by atoms with Crippen molar-refractivity contribution < 1.29 is 0 Å². The Morgan fingerprint density at radius 2 is 1.44 bits per heavy atom. The third kappa shape index (κ3) is 2.38. The Balaban J connectivity index is 1.74. The van der Waals surface area contributed by atoms with E-state index in [0.29, 0.717) is 0 Å². The molecule has 2 aliphatic rings. The Labute approximate surface area is 148 Å². The first-order valence-electron chi connectivity index (χ1n) is 8.76. The topological polar surface area (TPSA) is 0 Å². The van der Waals surface area contributed by atoms with Gasteiger partial charge in [0.15, 0.2) is 0 Å². The Hall–Kier alpha value is -3.12. The number of fused-ring (bicyclic) bond motifs is 5. The summed E-state index contributed by atoms with van der Waals surface area (Å²) >= 11 is 0. The molecule has 118 valence electrons. The summed E-state index contributed by atoms with van der Waals surface area (Å²) in [5.41, 5.74) is 10.8. The van der Waals surface area contributed by atoms with Crippen molar-refractivity contribution in [3.63, 3.8) is 0 Å². The molecule has 0 heteroatoms. The first-order valence-corrected chi connectivity index (χ1v) is 8.76. The van der Waals surface area contributed by atoms with Crippen molar-refractivity contribution >= 4 is 17.7 Å². The molecule has 0 radical (unpaired) electrons. The maximum Gasteiger partial charge on any atom is -0.000728 e. The lowest BCUT2D eigenvalue weighted by Crippen LogP contribution is -1.93. The van der Waals surface area contributed by atoms with Crippen molar-refractivity contribution in [3.8, 4) is 11.1 Å². The van der Waals surface area contributed by atoms with E-state index >= 15 is 0 Å². The zero-order valence-corrected chi connectivity index (χ0v) is 13.9. The Bertz CT molecular complexity index is 1050. The lowest BCUT2D eigenvalue weighted by atomic mass is 9.91. The molecule has 0 nitrogen and oxygen atoms in total. The van der Waals surface area contributed by atoms with Crippen molar-refractivity contribution in [1.82, 2.24) is 0 Å². The molecule has 0 bridgehead atoms. The molecular formula is C25H18. The molecule has 0 fully saturated rings. The second-order valence-electron chi connectivity index (χ2n) is 6.61. The van der Waals surface area contributed by atoms with Crippen LogP contribution in [0.15, 0.2) is 85.0 Å². The van der Waals surface area contributed by atoms with Crippen molar-refractivity contribution in [2.45, 2.75) is 6.42 Å². The van der Waals surface area contributed by atoms with Crippen LogP contribution in [0.2, 0.25) is 0 Å². The van der Waals surface area contributed by atoms with E-state index in [9.17, 15) is 0 Å². The van der Waals surface area contributed by atoms with Gasteiger partial charge in [-0.2, -0.15) is 0 Å². The zero-order chi connectivity index (χ0) is 16.6. The maximum absolute atomic E-state index is 2.36. The number of rotatable bonds is 1. The molecule has 0 spiro atoms. The third-order valence-electron chi connectivity index (χ3n) is 5.14. The smallest absolute Gasteiger partial charge is 0.000728 e. The Kier molecular flexibility index (Phi) is 3.28. The molecule has 0 heterocycles. The largest absolute Gasteiger partial charge is 0.0622 e. The molecule has 0 aliphatic heterocycles. The molecule has 0 aromatic heterocycles. The second-order valence-corrected chi connectivity index (χ2v) is 6.61. The maximum atomic E-state index is 2.36. The van der Waals surface area contributed by atoms with Gasteiger partial charge in [-0.15, -0.1) is 0 Å². The van der Waals surface area contributed by atoms with Gasteiger partial charge in [-0.3, -0.25) is 0 Å². The van der Waals surface area contributed by atoms with Crippen molar-refractivity contribution in [2.24, 2.45) is 0 Å². The van der Waals surface area contributed by atoms with Gasteiger partial charge in [0.1, 0.15) is 0 Å². The fourth-order valence-corrected chi connectivity index (χ4v) is 3.90. The normalized spacial score (nSPS) is 18.8. The van der Waals surface area contributed by atoms with Gasteiger partial charge >= 0.3 is 0 Å². The Morgan fingerprint density at radius 1 is 0.640 bits per heavy atom. The number of hydrogen-bond acceptors (Lipinski definition) is 0. The van der Waals surface area contributed by atoms with Crippen LogP contribution >= 0.6 is 0 Å². The molecule has 5 rings (SSSR count). The fraction of sp³-hybridized carbons (Fsp3) is 0.0400. The highest BCUT2D eigenvalue weighted by Crippen LogP contribution is 2.41. The summed E-state index contributed by atoms with van der Waals surface area (Å²) in [6.45, 7) is 0. The summed E-state index contributed by atoms with van der Waals surface area (Å²) in [5.74, 6) is 0. The lowest BCUT2D eigenvalue weighted by Gasteiger charge is -2.13. The van der Waals surface area contributed by atoms with Crippen LogP contribution in [0.4, 0.5) is 0 Å². The summed E-state index contributed by atoms with van der Waals surface area (Å²) in [5, 5.41) is 0. The minimum Gasteiger partial charge on any atom is -0.0622 e. The predicted octanol–water partition coefficient (Wildman–Crippen LogP) is 6.38. The molecule has 0 atom stereocenters. The van der Waals surface area contributed by atoms with Crippen LogP contribution < -0.4 is 0 Å². The minimum absolute atomic E-state index is 1.02. The SMILES string of the molecule is C1=C\C(c2ccccc2)=C/c2c(ccc3c2Cc2ccccc2-3)\C=C/1. The van der Waals surface area contributed by atoms with Crippen molar-refractivity contribution in [2.75, 3.05) is 0 Å². The standard InChI is InChI=1S/C25H18/c1-2-8-18(9-3-1)20-11-5-4-10-19-14-15-23-22-13-7-6-12-21(22)17-25(23)24(19)16-20/h1-16H,17H2/b5-4?,10-4-,11-5-,19-10?,20-11?,20-16+,24-16?. The highest BCUT2D eigenvalue weighted by molar-refractivity contribution is 5.94. The monoisotopic (exact) mass is 318 g/mol. The first-order chi connectivity index (χ1) is 12.4. The van der Waals surface area contributed by atoms with Gasteiger partial charge in [0, 0.05) is 0 Å². The van der Waals surface area contributed by atoms with Gasteiger partial charge in [0.25, 0.3) is 0 Å². The van der Waals surface area contributed by atoms with E-state index in [2.05, 4.69) is 97.1 Å². The third-order valence-corrected chi connectivity index (χ3v) is 5.14. The number of hydrogen-bond donors (Lipinski definition) is 0. The number of allylic oxidation sites excluding steroid dienone is 4. The predicted molar refractivity (Wildman–Crippen MR) is 107 cm³/mol. The van der Waals surface area contributed by atoms with E-state index in [0.717, 1.165) is 6.42 Å². The molecule has 0 saturated carbocycles. The fourth-order valence-electron chi connectivity index (χ4n) is 3.90. The van der Waals surface area contributed by atoms with Gasteiger partial charge < -0.3 is 0 Å². The van der Waals surface area contributed by atoms with Gasteiger partial charge in [-0.25, -0.2) is 0 Å². The van der Waals surface area contributed by atoms with Gasteiger partial charge in [-0.05, 0) is 57.0 Å². The van der Waals surface area contributed by atoms with Crippen molar-refractivity contribution in [1.29, 1.82) is 0 Å². The van der Waals surface area contributed by atoms with Crippen molar-refractivity contribution in [3.05, 3.63) is 113 Å². The van der Waals surface area contributed by atoms with E-state index < -0.39 is 0 Å². The number of benzene rings is 3. The minimum atomic E-state index is 1.02. The van der Waals surface area contributed by atoms with Crippen LogP contribution in [0.25, 0.3) is 28.9 Å². The second kappa shape index (κ2) is 5.75. The van der Waals surface area contributed by atoms with E-state index in [1.165, 1.54) is 44.5 Å². The molecule has 25 heavy (non-hydrogen) atoms. The highest BCUT2D eigenvalue weighted by Gasteiger charge is 2.21. The molecule has 0 saturated heterocycles. The van der Waals surface area contributed by atoms with E-state index in [-0.39, 0.29) is 0 Å². The van der Waals surface area contributed by atoms with Crippen LogP contribution in [-0.4, -0.2) is 0 Å². The van der Waals surface area contributed by atoms with Crippen LogP contribution in [0.1, 0.15) is 27.8 Å². The highest BCUT2D eigenvalue weighted by atomic mass is 14.2. The van der Waals surface area contributed by atoms with Crippen LogP contribution in [0.5, 0.6) is 0 Å². The van der Waals surface area contributed by atoms with Gasteiger partial charge in [-0.1, -0.05) is 91.0 Å². The lowest BCUT2D eigenvalue weighted by molar-refractivity contribution is 1.25. The van der Waals surface area contributed by atoms with Gasteiger partial charge in [0.05, 0.1) is 0 Å². The summed E-state index contributed by atoms with van der Waals surface area (Å²) in [4.78, 5) is 0. The zero-order valence-electron chi connectivity index (χ0n) is 13.9. The average molecular weight is 318 g/mol. The van der Waals surface area contributed by atoms with E-state index in [1.807, 2.05) is 0 Å². The summed E-state index contributed by atoms with van der Waals surface area (Å²) in [6.07, 6.45) is 12.1. The van der Waals surface area contributed by atoms with Gasteiger partial charge in [0.2, 0.25) is 0 Å². The summed E-state index contributed by atoms with van der Waals surface area (Å²) in [7, 11) is 0. The first kappa shape index (κ1) is 14.2. The Morgan fingerprint density at radius 3 is 2.36 bits per heavy atom. The van der Waals surface area contributed by atoms with E-state index in [1.54, 1.807) is 0 Å². The molecule has 0 amide bonds. The summed E-state index contributed by atoms with van der Waals surface area (Å²) in [6, 6.07) is 23.9. The molecule has 0 unspecified atom stereocenters. The van der Waals surface area contributed by atoms with Crippen LogP contribution in [-0.2, 0) is 6.42 Å². The molecule has 3 aromatic carbocycles. The van der Waals surface area contributed by atoms with Crippen LogP contribution in [0, 0.1) is 0 Å². The molecule has 3 aromatic rings. The van der Waals surface area contributed by atoms with E-state index in [4.69, 9.17) is 0 Å². The molecule has 0 N–H and O–H groups in total. The molecule has 2 aliphatic carbocycles. The summed E-state index contributed by atoms with van der Waals surface area (Å²) < 4.78 is 0. The quantitative estimate of drug-likeness (QED) is 0.382. The van der Waals surface area contributed by atoms with Crippen LogP contribution in [0.3, 0.4) is 0 Å². The molecular weight excluding hydrogens is 300 g/mol. The average Bonchev–Trinajstić information content (AvgIpc) is 3.02.